The summed E-state index contributed by atoms with van der Waals surface area (Å²) in [6.07, 6.45) is 5.31. The van der Waals surface area contributed by atoms with Crippen LogP contribution < -0.4 is 5.32 Å². The van der Waals surface area contributed by atoms with Crippen molar-refractivity contribution < 1.29 is 14.3 Å². The van der Waals surface area contributed by atoms with E-state index in [1.165, 1.54) is 32.1 Å². The lowest BCUT2D eigenvalue weighted by atomic mass is 9.52. The number of anilines is 1. The average Bonchev–Trinajstić information content (AvgIpc) is 2.53. The molecular weight excluding hydrogens is 314 g/mol. The van der Waals surface area contributed by atoms with Crippen molar-refractivity contribution in [3.63, 3.8) is 0 Å². The molecule has 4 nitrogen and oxygen atoms in total. The van der Waals surface area contributed by atoms with Crippen molar-refractivity contribution in [3.8, 4) is 0 Å². The standard InChI is InChI=1S/C21H27NO3/c1-12-4-3-5-18(6-12)22-20(23)13(2)25-21(24)19-16-8-14-7-15(10-16)11-17(19)9-14/h3-6,13-17,19H,7-11H2,1-2H3,(H,22,23)/t13-,14?,15?,16?,17?,19?/m0/s1. The number of rotatable bonds is 4. The highest BCUT2D eigenvalue weighted by atomic mass is 16.5. The van der Waals surface area contributed by atoms with Gasteiger partial charge in [-0.3, -0.25) is 9.59 Å². The number of esters is 1. The van der Waals surface area contributed by atoms with Crippen LogP contribution in [-0.4, -0.2) is 18.0 Å². The molecule has 0 spiro atoms. The smallest absolute Gasteiger partial charge is 0.310 e. The summed E-state index contributed by atoms with van der Waals surface area (Å²) in [6, 6.07) is 7.63. The van der Waals surface area contributed by atoms with Crippen molar-refractivity contribution in [2.75, 3.05) is 5.32 Å². The van der Waals surface area contributed by atoms with E-state index < -0.39 is 6.10 Å². The molecule has 4 heteroatoms. The van der Waals surface area contributed by atoms with Gasteiger partial charge in [0.25, 0.3) is 5.91 Å². The fourth-order valence-electron chi connectivity index (χ4n) is 5.58. The molecule has 1 aromatic rings. The third-order valence-electron chi connectivity index (χ3n) is 6.45. The summed E-state index contributed by atoms with van der Waals surface area (Å²) >= 11 is 0. The number of carbonyl (C=O) groups is 2. The third-order valence-corrected chi connectivity index (χ3v) is 6.45. The highest BCUT2D eigenvalue weighted by molar-refractivity contribution is 5.95. The van der Waals surface area contributed by atoms with Crippen LogP contribution in [0.4, 0.5) is 5.69 Å². The number of benzene rings is 1. The summed E-state index contributed by atoms with van der Waals surface area (Å²) in [7, 11) is 0. The van der Waals surface area contributed by atoms with Gasteiger partial charge in [-0.15, -0.1) is 0 Å². The Kier molecular flexibility index (Phi) is 4.30. The molecule has 5 rings (SSSR count). The Labute approximate surface area is 149 Å². The van der Waals surface area contributed by atoms with Crippen LogP contribution in [-0.2, 0) is 14.3 Å². The lowest BCUT2D eigenvalue weighted by Crippen LogP contribution is -2.49. The molecule has 0 radical (unpaired) electrons. The van der Waals surface area contributed by atoms with Gasteiger partial charge in [0.1, 0.15) is 0 Å². The number of hydrogen-bond donors (Lipinski definition) is 1. The van der Waals surface area contributed by atoms with Crippen molar-refractivity contribution in [1.29, 1.82) is 0 Å². The largest absolute Gasteiger partial charge is 0.452 e. The van der Waals surface area contributed by atoms with Crippen molar-refractivity contribution >= 4 is 17.6 Å². The van der Waals surface area contributed by atoms with Gasteiger partial charge in [-0.25, -0.2) is 0 Å². The van der Waals surface area contributed by atoms with E-state index >= 15 is 0 Å². The lowest BCUT2D eigenvalue weighted by Gasteiger charge is -2.53. The number of carbonyl (C=O) groups excluding carboxylic acids is 2. The summed E-state index contributed by atoms with van der Waals surface area (Å²) in [5.74, 6) is 2.22. The molecule has 1 aromatic carbocycles. The van der Waals surface area contributed by atoms with Gasteiger partial charge in [0, 0.05) is 5.69 Å². The first kappa shape index (κ1) is 16.6. The van der Waals surface area contributed by atoms with Crippen LogP contribution in [0.1, 0.15) is 44.6 Å². The summed E-state index contributed by atoms with van der Waals surface area (Å²) in [5, 5.41) is 2.84. The Hall–Kier alpha value is -1.84. The third kappa shape index (κ3) is 3.31. The predicted molar refractivity (Wildman–Crippen MR) is 95.9 cm³/mol. The molecule has 0 aromatic heterocycles. The molecule has 1 amide bonds. The molecule has 4 aliphatic rings. The first-order valence-electron chi connectivity index (χ1n) is 9.57. The second-order valence-corrected chi connectivity index (χ2v) is 8.39. The maximum Gasteiger partial charge on any atom is 0.310 e. The maximum atomic E-state index is 12.8. The minimum Gasteiger partial charge on any atom is -0.452 e. The number of aryl methyl sites for hydroxylation is 1. The van der Waals surface area contributed by atoms with Crippen LogP contribution in [0, 0.1) is 36.5 Å². The fraction of sp³-hybridized carbons (Fsp3) is 0.619. The van der Waals surface area contributed by atoms with E-state index in [0.29, 0.717) is 11.8 Å². The van der Waals surface area contributed by atoms with Gasteiger partial charge in [0.2, 0.25) is 0 Å². The topological polar surface area (TPSA) is 55.4 Å². The monoisotopic (exact) mass is 341 g/mol. The molecule has 1 atom stereocenters. The predicted octanol–water partition coefficient (Wildman–Crippen LogP) is 3.94. The zero-order valence-electron chi connectivity index (χ0n) is 15.0. The van der Waals surface area contributed by atoms with Crippen molar-refractivity contribution in [2.45, 2.75) is 52.1 Å². The molecule has 0 saturated heterocycles. The van der Waals surface area contributed by atoms with E-state index in [4.69, 9.17) is 4.74 Å². The molecule has 4 bridgehead atoms. The van der Waals surface area contributed by atoms with Crippen LogP contribution in [0.5, 0.6) is 0 Å². The normalized spacial score (nSPS) is 33.8. The molecule has 1 N–H and O–H groups in total. The van der Waals surface area contributed by atoms with E-state index in [9.17, 15) is 9.59 Å². The molecule has 134 valence electrons. The van der Waals surface area contributed by atoms with Crippen LogP contribution in [0.3, 0.4) is 0 Å². The van der Waals surface area contributed by atoms with Crippen molar-refractivity contribution in [2.24, 2.45) is 29.6 Å². The number of ether oxygens (including phenoxy) is 1. The lowest BCUT2D eigenvalue weighted by molar-refractivity contribution is -0.169. The van der Waals surface area contributed by atoms with E-state index in [0.717, 1.165) is 23.1 Å². The second kappa shape index (κ2) is 6.47. The fourth-order valence-corrected chi connectivity index (χ4v) is 5.58. The van der Waals surface area contributed by atoms with E-state index in [2.05, 4.69) is 5.32 Å². The van der Waals surface area contributed by atoms with Crippen molar-refractivity contribution in [1.82, 2.24) is 0 Å². The number of nitrogens with one attached hydrogen (secondary N) is 1. The first-order chi connectivity index (χ1) is 12.0. The number of amides is 1. The molecule has 0 unspecified atom stereocenters. The molecule has 4 aliphatic carbocycles. The minimum atomic E-state index is -0.759. The number of hydrogen-bond acceptors (Lipinski definition) is 3. The van der Waals surface area contributed by atoms with Crippen LogP contribution in [0.2, 0.25) is 0 Å². The van der Waals surface area contributed by atoms with Gasteiger partial charge in [-0.1, -0.05) is 12.1 Å². The summed E-state index contributed by atoms with van der Waals surface area (Å²) < 4.78 is 5.59. The molecule has 25 heavy (non-hydrogen) atoms. The van der Waals surface area contributed by atoms with Gasteiger partial charge < -0.3 is 10.1 Å². The van der Waals surface area contributed by atoms with Crippen LogP contribution >= 0.6 is 0 Å². The van der Waals surface area contributed by atoms with Gasteiger partial charge in [0.05, 0.1) is 5.92 Å². The molecule has 0 aliphatic heterocycles. The van der Waals surface area contributed by atoms with Gasteiger partial charge >= 0.3 is 5.97 Å². The Morgan fingerprint density at radius 3 is 2.32 bits per heavy atom. The maximum absolute atomic E-state index is 12.8. The molecule has 4 saturated carbocycles. The first-order valence-corrected chi connectivity index (χ1v) is 9.57. The minimum absolute atomic E-state index is 0.0158. The molecular formula is C21H27NO3. The van der Waals surface area contributed by atoms with E-state index in [1.807, 2.05) is 31.2 Å². The second-order valence-electron chi connectivity index (χ2n) is 8.39. The zero-order valence-corrected chi connectivity index (χ0v) is 15.0. The van der Waals surface area contributed by atoms with Crippen LogP contribution in [0.25, 0.3) is 0 Å². The van der Waals surface area contributed by atoms with Gasteiger partial charge in [0.15, 0.2) is 6.10 Å². The zero-order chi connectivity index (χ0) is 17.6. The summed E-state index contributed by atoms with van der Waals surface area (Å²) in [5.41, 5.74) is 1.82. The molecule has 0 heterocycles. The SMILES string of the molecule is Cc1cccc(NC(=O)[C@H](C)OC(=O)C2C3CC4CC(C3)CC2C4)c1. The van der Waals surface area contributed by atoms with Crippen molar-refractivity contribution in [3.05, 3.63) is 29.8 Å². The van der Waals surface area contributed by atoms with Gasteiger partial charge in [-0.05, 0) is 87.3 Å². The Bertz CT molecular complexity index is 655. The van der Waals surface area contributed by atoms with E-state index in [1.54, 1.807) is 6.92 Å². The quantitative estimate of drug-likeness (QED) is 0.844. The van der Waals surface area contributed by atoms with Crippen LogP contribution in [0.15, 0.2) is 24.3 Å². The highest BCUT2D eigenvalue weighted by Gasteiger charge is 2.51. The highest BCUT2D eigenvalue weighted by Crippen LogP contribution is 2.56. The molecule has 4 fully saturated rings. The average molecular weight is 341 g/mol. The van der Waals surface area contributed by atoms with Gasteiger partial charge in [-0.2, -0.15) is 0 Å². The Morgan fingerprint density at radius 2 is 1.72 bits per heavy atom. The summed E-state index contributed by atoms with van der Waals surface area (Å²) in [6.45, 7) is 3.64. The van der Waals surface area contributed by atoms with E-state index in [-0.39, 0.29) is 17.8 Å². The summed E-state index contributed by atoms with van der Waals surface area (Å²) in [4.78, 5) is 25.1. The Balaban J connectivity index is 1.36. The Morgan fingerprint density at radius 1 is 1.08 bits per heavy atom.